The molecule has 0 aromatic heterocycles. The summed E-state index contributed by atoms with van der Waals surface area (Å²) in [6.07, 6.45) is 5.67. The first-order valence-corrected chi connectivity index (χ1v) is 9.11. The van der Waals surface area contributed by atoms with E-state index in [0.717, 1.165) is 32.1 Å². The van der Waals surface area contributed by atoms with E-state index in [1.807, 2.05) is 6.92 Å². The Morgan fingerprint density at radius 1 is 1.35 bits per heavy atom. The van der Waals surface area contributed by atoms with E-state index in [9.17, 15) is 4.79 Å². The average molecular weight is 317 g/mol. The molecule has 0 heterocycles. The summed E-state index contributed by atoms with van der Waals surface area (Å²) >= 11 is 0. The van der Waals surface area contributed by atoms with Gasteiger partial charge in [0.05, 0.1) is 6.61 Å². The van der Waals surface area contributed by atoms with Crippen molar-refractivity contribution in [2.75, 3.05) is 6.61 Å². The number of carbonyl (C=O) groups is 1. The second-order valence-corrected chi connectivity index (χ2v) is 6.75. The Morgan fingerprint density at radius 2 is 2.13 bits per heavy atom. The van der Waals surface area contributed by atoms with Crippen molar-refractivity contribution in [1.29, 1.82) is 0 Å². The van der Waals surface area contributed by atoms with Crippen LogP contribution in [0.4, 0.5) is 0 Å². The fraction of sp³-hybridized carbons (Fsp3) is 0.650. The molecule has 1 aromatic rings. The summed E-state index contributed by atoms with van der Waals surface area (Å²) in [5.41, 5.74) is 10.9. The van der Waals surface area contributed by atoms with Crippen LogP contribution in [0.5, 0.6) is 0 Å². The second kappa shape index (κ2) is 8.49. The molecule has 23 heavy (non-hydrogen) atoms. The SMILES string of the molecule is CCOC(=O)CCCCC1c2cccc(C(C)CC)c2CC1N. The monoisotopic (exact) mass is 317 g/mol. The van der Waals surface area contributed by atoms with Crippen molar-refractivity contribution in [3.05, 3.63) is 34.9 Å². The zero-order valence-corrected chi connectivity index (χ0v) is 14.8. The van der Waals surface area contributed by atoms with Gasteiger partial charge in [0.15, 0.2) is 0 Å². The molecular formula is C20H31NO2. The second-order valence-electron chi connectivity index (χ2n) is 6.75. The molecule has 0 amide bonds. The predicted molar refractivity (Wildman–Crippen MR) is 94.7 cm³/mol. The highest BCUT2D eigenvalue weighted by atomic mass is 16.5. The van der Waals surface area contributed by atoms with Gasteiger partial charge in [-0.3, -0.25) is 4.79 Å². The van der Waals surface area contributed by atoms with Gasteiger partial charge in [-0.2, -0.15) is 0 Å². The Morgan fingerprint density at radius 3 is 2.83 bits per heavy atom. The van der Waals surface area contributed by atoms with E-state index in [-0.39, 0.29) is 12.0 Å². The molecule has 0 saturated carbocycles. The molecule has 3 atom stereocenters. The highest BCUT2D eigenvalue weighted by Crippen LogP contribution is 2.40. The quantitative estimate of drug-likeness (QED) is 0.575. The van der Waals surface area contributed by atoms with Gasteiger partial charge in [0, 0.05) is 12.5 Å². The normalized spacial score (nSPS) is 21.0. The lowest BCUT2D eigenvalue weighted by atomic mass is 9.89. The molecular weight excluding hydrogens is 286 g/mol. The minimum Gasteiger partial charge on any atom is -0.466 e. The zero-order chi connectivity index (χ0) is 16.8. The number of hydrogen-bond acceptors (Lipinski definition) is 3. The van der Waals surface area contributed by atoms with Gasteiger partial charge in [0.1, 0.15) is 0 Å². The number of benzene rings is 1. The largest absolute Gasteiger partial charge is 0.466 e. The van der Waals surface area contributed by atoms with E-state index in [2.05, 4.69) is 32.0 Å². The Hall–Kier alpha value is -1.35. The molecule has 0 saturated heterocycles. The van der Waals surface area contributed by atoms with E-state index < -0.39 is 0 Å². The van der Waals surface area contributed by atoms with E-state index in [4.69, 9.17) is 10.5 Å². The van der Waals surface area contributed by atoms with E-state index in [1.54, 1.807) is 0 Å². The number of unbranched alkanes of at least 4 members (excludes halogenated alkanes) is 1. The van der Waals surface area contributed by atoms with Crippen molar-refractivity contribution in [2.45, 2.75) is 77.2 Å². The molecule has 0 fully saturated rings. The van der Waals surface area contributed by atoms with Gasteiger partial charge < -0.3 is 10.5 Å². The maximum atomic E-state index is 11.4. The molecule has 1 aliphatic carbocycles. The fourth-order valence-corrected chi connectivity index (χ4v) is 3.73. The van der Waals surface area contributed by atoms with Gasteiger partial charge in [-0.15, -0.1) is 0 Å². The topological polar surface area (TPSA) is 52.3 Å². The molecule has 1 aliphatic rings. The minimum atomic E-state index is -0.0809. The highest BCUT2D eigenvalue weighted by molar-refractivity contribution is 5.69. The Kier molecular flexibility index (Phi) is 6.64. The van der Waals surface area contributed by atoms with Crippen LogP contribution in [0.3, 0.4) is 0 Å². The van der Waals surface area contributed by atoms with E-state index >= 15 is 0 Å². The van der Waals surface area contributed by atoms with Crippen LogP contribution in [0.1, 0.15) is 81.4 Å². The van der Waals surface area contributed by atoms with Crippen molar-refractivity contribution < 1.29 is 9.53 Å². The Bertz CT molecular complexity index is 526. The number of rotatable bonds is 8. The first-order chi connectivity index (χ1) is 11.1. The summed E-state index contributed by atoms with van der Waals surface area (Å²) in [5.74, 6) is 0.957. The van der Waals surface area contributed by atoms with Gasteiger partial charge in [0.25, 0.3) is 0 Å². The smallest absolute Gasteiger partial charge is 0.305 e. The highest BCUT2D eigenvalue weighted by Gasteiger charge is 2.31. The molecule has 128 valence electrons. The summed E-state index contributed by atoms with van der Waals surface area (Å²) in [5, 5.41) is 0. The van der Waals surface area contributed by atoms with E-state index in [0.29, 0.717) is 24.9 Å². The molecule has 3 nitrogen and oxygen atoms in total. The van der Waals surface area contributed by atoms with Gasteiger partial charge in [-0.25, -0.2) is 0 Å². The van der Waals surface area contributed by atoms with Crippen molar-refractivity contribution in [1.82, 2.24) is 0 Å². The Balaban J connectivity index is 1.97. The maximum Gasteiger partial charge on any atom is 0.305 e. The lowest BCUT2D eigenvalue weighted by Crippen LogP contribution is -2.25. The fourth-order valence-electron chi connectivity index (χ4n) is 3.73. The van der Waals surface area contributed by atoms with Gasteiger partial charge in [-0.05, 0) is 61.1 Å². The number of ether oxygens (including phenoxy) is 1. The number of carbonyl (C=O) groups excluding carboxylic acids is 1. The van der Waals surface area contributed by atoms with Gasteiger partial charge >= 0.3 is 5.97 Å². The van der Waals surface area contributed by atoms with Crippen molar-refractivity contribution in [2.24, 2.45) is 5.73 Å². The molecule has 0 radical (unpaired) electrons. The molecule has 3 unspecified atom stereocenters. The minimum absolute atomic E-state index is 0.0809. The van der Waals surface area contributed by atoms with Gasteiger partial charge in [0.2, 0.25) is 0 Å². The third-order valence-electron chi connectivity index (χ3n) is 5.20. The van der Waals surface area contributed by atoms with Crippen LogP contribution in [0.2, 0.25) is 0 Å². The molecule has 0 spiro atoms. The molecule has 2 rings (SSSR count). The standard InChI is InChI=1S/C20H31NO2/c1-4-14(3)15-10-8-11-16-17(19(21)13-18(15)16)9-6-7-12-20(22)23-5-2/h8,10-11,14,17,19H,4-7,9,12-13,21H2,1-3H3. The van der Waals surface area contributed by atoms with Crippen LogP contribution >= 0.6 is 0 Å². The Labute approximate surface area is 140 Å². The summed E-state index contributed by atoms with van der Waals surface area (Å²) in [4.78, 5) is 11.4. The lowest BCUT2D eigenvalue weighted by molar-refractivity contribution is -0.143. The zero-order valence-electron chi connectivity index (χ0n) is 14.8. The van der Waals surface area contributed by atoms with Crippen LogP contribution in [0.15, 0.2) is 18.2 Å². The number of nitrogens with two attached hydrogens (primary N) is 1. The third-order valence-corrected chi connectivity index (χ3v) is 5.20. The van der Waals surface area contributed by atoms with Crippen LogP contribution in [-0.4, -0.2) is 18.6 Å². The van der Waals surface area contributed by atoms with Crippen LogP contribution in [-0.2, 0) is 16.0 Å². The molecule has 0 bridgehead atoms. The summed E-state index contributed by atoms with van der Waals surface area (Å²) in [7, 11) is 0. The maximum absolute atomic E-state index is 11.4. The average Bonchev–Trinajstić information content (AvgIpc) is 2.86. The van der Waals surface area contributed by atoms with Crippen LogP contribution in [0, 0.1) is 0 Å². The summed E-state index contributed by atoms with van der Waals surface area (Å²) in [6, 6.07) is 6.93. The number of fused-ring (bicyclic) bond motifs is 1. The van der Waals surface area contributed by atoms with Crippen molar-refractivity contribution >= 4 is 5.97 Å². The van der Waals surface area contributed by atoms with Gasteiger partial charge in [-0.1, -0.05) is 38.5 Å². The number of esters is 1. The molecule has 0 aliphatic heterocycles. The molecule has 1 aromatic carbocycles. The molecule has 3 heteroatoms. The van der Waals surface area contributed by atoms with E-state index in [1.165, 1.54) is 16.7 Å². The first kappa shape index (κ1) is 18.0. The van der Waals surface area contributed by atoms with Crippen molar-refractivity contribution in [3.63, 3.8) is 0 Å². The third kappa shape index (κ3) is 4.35. The number of hydrogen-bond donors (Lipinski definition) is 1. The van der Waals surface area contributed by atoms with Crippen LogP contribution < -0.4 is 5.73 Å². The summed E-state index contributed by atoms with van der Waals surface area (Å²) in [6.45, 7) is 6.86. The summed E-state index contributed by atoms with van der Waals surface area (Å²) < 4.78 is 4.98. The molecule has 2 N–H and O–H groups in total. The lowest BCUT2D eigenvalue weighted by Gasteiger charge is -2.17. The first-order valence-electron chi connectivity index (χ1n) is 9.11. The van der Waals surface area contributed by atoms with Crippen molar-refractivity contribution in [3.8, 4) is 0 Å². The van der Waals surface area contributed by atoms with Crippen LogP contribution in [0.25, 0.3) is 0 Å². The predicted octanol–water partition coefficient (Wildman–Crippen LogP) is 4.29.